The highest BCUT2D eigenvalue weighted by Crippen LogP contribution is 2.32. The van der Waals surface area contributed by atoms with Crippen LogP contribution in [-0.4, -0.2) is 87.4 Å². The molecule has 12 heteroatoms. The second kappa shape index (κ2) is 12.7. The average Bonchev–Trinajstić information content (AvgIpc) is 3.84. The van der Waals surface area contributed by atoms with Crippen LogP contribution >= 0.6 is 0 Å². The lowest BCUT2D eigenvalue weighted by molar-refractivity contribution is -0.138. The molecular weight excluding hydrogens is 601 g/mol. The summed E-state index contributed by atoms with van der Waals surface area (Å²) in [5.41, 5.74) is 3.88. The first kappa shape index (κ1) is 30.7. The molecule has 0 spiro atoms. The summed E-state index contributed by atoms with van der Waals surface area (Å²) in [5, 5.41) is 19.2. The molecule has 0 radical (unpaired) electrons. The van der Waals surface area contributed by atoms with Crippen molar-refractivity contribution in [3.8, 4) is 22.7 Å². The summed E-state index contributed by atoms with van der Waals surface area (Å²) >= 11 is 0. The van der Waals surface area contributed by atoms with Crippen molar-refractivity contribution in [2.45, 2.75) is 37.7 Å². The van der Waals surface area contributed by atoms with Gasteiger partial charge in [0.1, 0.15) is 5.82 Å². The molecule has 2 aliphatic rings. The molecule has 2 aliphatic heterocycles. The number of halogens is 1. The Hall–Kier alpha value is -4.94. The summed E-state index contributed by atoms with van der Waals surface area (Å²) in [5.74, 6) is 0.910. The predicted octanol–water partition coefficient (Wildman–Crippen LogP) is 5.16. The quantitative estimate of drug-likeness (QED) is 0.239. The lowest BCUT2D eigenvalue weighted by atomic mass is 9.89. The third kappa shape index (κ3) is 6.26. The Morgan fingerprint density at radius 2 is 1.77 bits per heavy atom. The fraction of sp³-hybridized carbons (Fsp3) is 0.343. The Kier molecular flexibility index (Phi) is 8.29. The number of methoxy groups -OCH3 is 1. The standard InChI is InChI=1S/C35H36FN7O4/c1-22-38-41-33(47-22)26-5-3-23(4-6-26)24-13-16-43(17-14-24)31(44)20-42-18-15-35(21-42,46-2)34(45)37-28-11-12-30-29(19-28)32(40-39-30)25-7-9-27(36)10-8-25/h3-12,19,24H,13-18,20-21H2,1-2H3,(H,37,45)(H,39,40)/t35-/m0/s1. The number of hydrogen-bond donors (Lipinski definition) is 2. The number of nitrogens with zero attached hydrogens (tertiary/aromatic N) is 5. The zero-order chi connectivity index (χ0) is 32.5. The van der Waals surface area contributed by atoms with E-state index in [0.29, 0.717) is 61.7 Å². The molecule has 3 aromatic carbocycles. The third-order valence-electron chi connectivity index (χ3n) is 9.42. The molecule has 2 amide bonds. The van der Waals surface area contributed by atoms with E-state index in [9.17, 15) is 14.0 Å². The van der Waals surface area contributed by atoms with Crippen LogP contribution in [0.1, 0.15) is 36.6 Å². The molecule has 4 heterocycles. The van der Waals surface area contributed by atoms with E-state index in [-0.39, 0.29) is 24.2 Å². The Bertz CT molecular complexity index is 1900. The van der Waals surface area contributed by atoms with Crippen molar-refractivity contribution in [2.75, 3.05) is 45.2 Å². The molecule has 2 saturated heterocycles. The topological polar surface area (TPSA) is 129 Å². The average molecular weight is 638 g/mol. The molecule has 11 nitrogen and oxygen atoms in total. The molecule has 2 fully saturated rings. The minimum Gasteiger partial charge on any atom is -0.421 e. The number of aromatic nitrogens is 4. The van der Waals surface area contributed by atoms with Crippen LogP contribution in [0.3, 0.4) is 0 Å². The number of aryl methyl sites for hydroxylation is 1. The first-order valence-corrected chi connectivity index (χ1v) is 15.8. The molecule has 242 valence electrons. The number of aromatic amines is 1. The SMILES string of the molecule is CO[C@@]1(C(=O)Nc2ccc3[nH]nc(-c4ccc(F)cc4)c3c2)CCN(CC(=O)N2CCC(c3ccc(-c4nnc(C)o4)cc3)CC2)C1. The summed E-state index contributed by atoms with van der Waals surface area (Å²) in [6, 6.07) is 19.9. The normalized spacial score (nSPS) is 19.0. The zero-order valence-electron chi connectivity index (χ0n) is 26.3. The number of likely N-dealkylation sites (tertiary alicyclic amines) is 2. The first-order valence-electron chi connectivity index (χ1n) is 15.8. The van der Waals surface area contributed by atoms with Gasteiger partial charge in [0.2, 0.25) is 17.7 Å². The minimum absolute atomic E-state index is 0.0663. The number of benzene rings is 3. The van der Waals surface area contributed by atoms with Crippen LogP contribution in [0.4, 0.5) is 10.1 Å². The van der Waals surface area contributed by atoms with Gasteiger partial charge in [0.15, 0.2) is 5.60 Å². The fourth-order valence-electron chi connectivity index (χ4n) is 6.67. The molecule has 0 saturated carbocycles. The maximum atomic E-state index is 13.6. The number of fused-ring (bicyclic) bond motifs is 1. The number of ether oxygens (including phenoxy) is 1. The monoisotopic (exact) mass is 637 g/mol. The van der Waals surface area contributed by atoms with Gasteiger partial charge in [-0.3, -0.25) is 19.6 Å². The Morgan fingerprint density at radius 1 is 1.02 bits per heavy atom. The van der Waals surface area contributed by atoms with Crippen LogP contribution in [0.25, 0.3) is 33.6 Å². The van der Waals surface area contributed by atoms with Gasteiger partial charge in [0.05, 0.1) is 17.8 Å². The minimum atomic E-state index is -1.08. The van der Waals surface area contributed by atoms with E-state index in [1.807, 2.05) is 34.1 Å². The number of rotatable bonds is 8. The van der Waals surface area contributed by atoms with Crippen molar-refractivity contribution in [1.82, 2.24) is 30.2 Å². The molecule has 47 heavy (non-hydrogen) atoms. The van der Waals surface area contributed by atoms with Crippen molar-refractivity contribution >= 4 is 28.4 Å². The largest absolute Gasteiger partial charge is 0.421 e. The lowest BCUT2D eigenvalue weighted by Crippen LogP contribution is -2.48. The van der Waals surface area contributed by atoms with Crippen molar-refractivity contribution in [2.24, 2.45) is 0 Å². The van der Waals surface area contributed by atoms with Gasteiger partial charge in [-0.2, -0.15) is 5.10 Å². The molecule has 0 unspecified atom stereocenters. The van der Waals surface area contributed by atoms with E-state index in [0.717, 1.165) is 34.9 Å². The van der Waals surface area contributed by atoms with Gasteiger partial charge in [-0.15, -0.1) is 10.2 Å². The van der Waals surface area contributed by atoms with E-state index in [1.165, 1.54) is 24.8 Å². The highest BCUT2D eigenvalue weighted by molar-refractivity contribution is 6.01. The summed E-state index contributed by atoms with van der Waals surface area (Å²) in [4.78, 5) is 30.9. The number of H-pyrrole nitrogens is 1. The van der Waals surface area contributed by atoms with Crippen LogP contribution < -0.4 is 5.32 Å². The molecule has 1 atom stereocenters. The third-order valence-corrected chi connectivity index (χ3v) is 9.42. The number of hydrogen-bond acceptors (Lipinski definition) is 8. The molecule has 2 aromatic heterocycles. The van der Waals surface area contributed by atoms with E-state index in [4.69, 9.17) is 9.15 Å². The molecule has 5 aromatic rings. The summed E-state index contributed by atoms with van der Waals surface area (Å²) in [6.07, 6.45) is 2.25. The molecular formula is C35H36FN7O4. The lowest BCUT2D eigenvalue weighted by Gasteiger charge is -2.33. The predicted molar refractivity (Wildman–Crippen MR) is 174 cm³/mol. The summed E-state index contributed by atoms with van der Waals surface area (Å²) < 4.78 is 24.8. The van der Waals surface area contributed by atoms with Gasteiger partial charge in [-0.05, 0) is 85.3 Å². The van der Waals surface area contributed by atoms with Gasteiger partial charge in [-0.1, -0.05) is 12.1 Å². The number of amides is 2. The Balaban J connectivity index is 0.938. The highest BCUT2D eigenvalue weighted by atomic mass is 19.1. The van der Waals surface area contributed by atoms with E-state index in [2.05, 4.69) is 37.8 Å². The maximum absolute atomic E-state index is 13.6. The van der Waals surface area contributed by atoms with E-state index >= 15 is 0 Å². The second-order valence-electron chi connectivity index (χ2n) is 12.4. The molecule has 7 rings (SSSR count). The highest BCUT2D eigenvalue weighted by Gasteiger charge is 2.45. The van der Waals surface area contributed by atoms with Crippen molar-refractivity contribution < 1.29 is 23.1 Å². The summed E-state index contributed by atoms with van der Waals surface area (Å²) in [6.45, 7) is 4.28. The van der Waals surface area contributed by atoms with Gasteiger partial charge in [0.25, 0.3) is 5.91 Å². The fourth-order valence-corrected chi connectivity index (χ4v) is 6.67. The Morgan fingerprint density at radius 3 is 2.47 bits per heavy atom. The summed E-state index contributed by atoms with van der Waals surface area (Å²) in [7, 11) is 1.54. The van der Waals surface area contributed by atoms with Gasteiger partial charge in [0, 0.05) is 62.4 Å². The van der Waals surface area contributed by atoms with Crippen LogP contribution in [0.5, 0.6) is 0 Å². The van der Waals surface area contributed by atoms with E-state index < -0.39 is 5.60 Å². The van der Waals surface area contributed by atoms with Crippen LogP contribution in [0, 0.1) is 12.7 Å². The van der Waals surface area contributed by atoms with Gasteiger partial charge in [-0.25, -0.2) is 4.39 Å². The van der Waals surface area contributed by atoms with Crippen molar-refractivity contribution in [1.29, 1.82) is 0 Å². The number of nitrogens with one attached hydrogen (secondary N) is 2. The number of anilines is 1. The van der Waals surface area contributed by atoms with Crippen LogP contribution in [-0.2, 0) is 14.3 Å². The molecule has 0 aliphatic carbocycles. The first-order chi connectivity index (χ1) is 22.8. The zero-order valence-corrected chi connectivity index (χ0v) is 26.3. The Labute approximate surface area is 271 Å². The number of piperidine rings is 1. The van der Waals surface area contributed by atoms with Gasteiger partial charge >= 0.3 is 0 Å². The number of carbonyl (C=O) groups excluding carboxylic acids is 2. The number of carbonyl (C=O) groups is 2. The second-order valence-corrected chi connectivity index (χ2v) is 12.4. The van der Waals surface area contributed by atoms with Crippen molar-refractivity contribution in [3.63, 3.8) is 0 Å². The van der Waals surface area contributed by atoms with Crippen LogP contribution in [0.15, 0.2) is 71.1 Å². The van der Waals surface area contributed by atoms with Gasteiger partial charge < -0.3 is 19.4 Å². The molecule has 2 N–H and O–H groups in total. The van der Waals surface area contributed by atoms with Crippen molar-refractivity contribution in [3.05, 3.63) is 84.0 Å². The maximum Gasteiger partial charge on any atom is 0.258 e. The van der Waals surface area contributed by atoms with Crippen LogP contribution in [0.2, 0.25) is 0 Å². The van der Waals surface area contributed by atoms with E-state index in [1.54, 1.807) is 25.1 Å². The smallest absolute Gasteiger partial charge is 0.258 e. The molecule has 0 bridgehead atoms.